The highest BCUT2D eigenvalue weighted by molar-refractivity contribution is 9.10. The summed E-state index contributed by atoms with van der Waals surface area (Å²) in [5.74, 6) is 0.806. The Hall–Kier alpha value is -3.01. The number of aromatic nitrogens is 3. The van der Waals surface area contributed by atoms with Crippen molar-refractivity contribution in [3.05, 3.63) is 101 Å². The standard InChI is InChI=1S/C27H28BrN5O2S/c1-2-7-20-11-13-23(14-12-20)36(34,35)32-15-6-10-22(19-32)25-16-26(29-17-21-8-4-3-5-9-21)33-27(31-25)24(28)18-30-33/h2-5,8-9,11-14,16,18,22,29H,1,6-7,10,15,17,19H2. The number of nitrogens with one attached hydrogen (secondary N) is 1. The second kappa shape index (κ2) is 10.5. The fraction of sp³-hybridized carbons (Fsp3) is 0.259. The lowest BCUT2D eigenvalue weighted by atomic mass is 9.96. The molecule has 1 atom stereocenters. The molecule has 9 heteroatoms. The van der Waals surface area contributed by atoms with Crippen molar-refractivity contribution in [1.29, 1.82) is 0 Å². The van der Waals surface area contributed by atoms with Gasteiger partial charge in [0.05, 0.1) is 21.3 Å². The van der Waals surface area contributed by atoms with Gasteiger partial charge in [-0.25, -0.2) is 13.4 Å². The summed E-state index contributed by atoms with van der Waals surface area (Å²) in [6.07, 6.45) is 5.90. The summed E-state index contributed by atoms with van der Waals surface area (Å²) in [6.45, 7) is 5.29. The molecule has 2 aromatic heterocycles. The van der Waals surface area contributed by atoms with Gasteiger partial charge in [-0.1, -0.05) is 48.5 Å². The van der Waals surface area contributed by atoms with Gasteiger partial charge in [0.1, 0.15) is 5.82 Å². The molecule has 5 rings (SSSR count). The first-order valence-electron chi connectivity index (χ1n) is 12.0. The van der Waals surface area contributed by atoms with Crippen molar-refractivity contribution in [1.82, 2.24) is 18.9 Å². The number of hydrogen-bond donors (Lipinski definition) is 1. The summed E-state index contributed by atoms with van der Waals surface area (Å²) in [6, 6.07) is 19.3. The zero-order chi connectivity index (χ0) is 25.1. The molecule has 7 nitrogen and oxygen atoms in total. The maximum atomic E-state index is 13.4. The van der Waals surface area contributed by atoms with Gasteiger partial charge in [-0.3, -0.25) is 0 Å². The monoisotopic (exact) mass is 565 g/mol. The quantitative estimate of drug-likeness (QED) is 0.289. The van der Waals surface area contributed by atoms with E-state index in [-0.39, 0.29) is 5.92 Å². The molecule has 4 aromatic rings. The summed E-state index contributed by atoms with van der Waals surface area (Å²) < 4.78 is 31.0. The minimum absolute atomic E-state index is 0.0161. The molecular formula is C27H28BrN5O2S. The second-order valence-corrected chi connectivity index (χ2v) is 11.8. The lowest BCUT2D eigenvalue weighted by Crippen LogP contribution is -2.39. The Morgan fingerprint density at radius 3 is 2.64 bits per heavy atom. The maximum Gasteiger partial charge on any atom is 0.243 e. The van der Waals surface area contributed by atoms with Crippen LogP contribution >= 0.6 is 15.9 Å². The summed E-state index contributed by atoms with van der Waals surface area (Å²) in [5, 5.41) is 7.94. The van der Waals surface area contributed by atoms with E-state index in [0.29, 0.717) is 36.6 Å². The van der Waals surface area contributed by atoms with Crippen molar-refractivity contribution in [3.63, 3.8) is 0 Å². The van der Waals surface area contributed by atoms with Gasteiger partial charge in [0.15, 0.2) is 5.65 Å². The SMILES string of the molecule is C=CCc1ccc(S(=O)(=O)N2CCCC(c3cc(NCc4ccccc4)n4ncc(Br)c4n3)C2)cc1. The Bertz CT molecular complexity index is 1470. The molecule has 36 heavy (non-hydrogen) atoms. The van der Waals surface area contributed by atoms with Gasteiger partial charge in [0.25, 0.3) is 0 Å². The van der Waals surface area contributed by atoms with Crippen LogP contribution in [0.4, 0.5) is 5.82 Å². The van der Waals surface area contributed by atoms with Crippen molar-refractivity contribution < 1.29 is 8.42 Å². The normalized spacial score (nSPS) is 16.8. The molecule has 0 spiro atoms. The van der Waals surface area contributed by atoms with Crippen LogP contribution in [0.15, 0.2) is 88.9 Å². The molecule has 1 saturated heterocycles. The van der Waals surface area contributed by atoms with Crippen LogP contribution < -0.4 is 5.32 Å². The van der Waals surface area contributed by atoms with Gasteiger partial charge in [0, 0.05) is 31.6 Å². The van der Waals surface area contributed by atoms with Gasteiger partial charge in [-0.2, -0.15) is 13.9 Å². The second-order valence-electron chi connectivity index (χ2n) is 8.97. The first kappa shape index (κ1) is 24.7. The fourth-order valence-electron chi connectivity index (χ4n) is 4.59. The topological polar surface area (TPSA) is 79.6 Å². The molecule has 0 amide bonds. The first-order valence-corrected chi connectivity index (χ1v) is 14.2. The number of anilines is 1. The van der Waals surface area contributed by atoms with Crippen molar-refractivity contribution >= 4 is 37.4 Å². The summed E-state index contributed by atoms with van der Waals surface area (Å²) in [4.78, 5) is 5.20. The molecule has 0 radical (unpaired) electrons. The molecule has 0 bridgehead atoms. The fourth-order valence-corrected chi connectivity index (χ4v) is 6.47. The number of sulfonamides is 1. The highest BCUT2D eigenvalue weighted by atomic mass is 79.9. The number of halogens is 1. The third-order valence-electron chi connectivity index (χ3n) is 6.51. The van der Waals surface area contributed by atoms with Crippen LogP contribution in [-0.4, -0.2) is 40.4 Å². The van der Waals surface area contributed by atoms with Gasteiger partial charge >= 0.3 is 0 Å². The van der Waals surface area contributed by atoms with Crippen molar-refractivity contribution in [2.24, 2.45) is 0 Å². The molecular weight excluding hydrogens is 538 g/mol. The molecule has 0 saturated carbocycles. The number of allylic oxidation sites excluding steroid dienone is 1. The van der Waals surface area contributed by atoms with Crippen LogP contribution in [0.25, 0.3) is 5.65 Å². The Morgan fingerprint density at radius 1 is 1.11 bits per heavy atom. The molecule has 1 aliphatic heterocycles. The van der Waals surface area contributed by atoms with E-state index in [1.54, 1.807) is 27.2 Å². The molecule has 1 unspecified atom stereocenters. The maximum absolute atomic E-state index is 13.4. The minimum atomic E-state index is -3.59. The van der Waals surface area contributed by atoms with E-state index < -0.39 is 10.0 Å². The third kappa shape index (κ3) is 5.09. The zero-order valence-corrected chi connectivity index (χ0v) is 22.2. The first-order chi connectivity index (χ1) is 17.5. The number of piperidine rings is 1. The van der Waals surface area contributed by atoms with E-state index in [4.69, 9.17) is 4.98 Å². The number of nitrogens with zero attached hydrogens (tertiary/aromatic N) is 4. The highest BCUT2D eigenvalue weighted by Gasteiger charge is 2.32. The van der Waals surface area contributed by atoms with E-state index in [2.05, 4.69) is 45.1 Å². The Morgan fingerprint density at radius 2 is 1.89 bits per heavy atom. The lowest BCUT2D eigenvalue weighted by Gasteiger charge is -2.32. The molecule has 1 fully saturated rings. The molecule has 3 heterocycles. The number of fused-ring (bicyclic) bond motifs is 1. The molecule has 0 aliphatic carbocycles. The van der Waals surface area contributed by atoms with Crippen LogP contribution in [0.3, 0.4) is 0 Å². The number of hydrogen-bond acceptors (Lipinski definition) is 5. The Kier molecular flexibility index (Phi) is 7.22. The van der Waals surface area contributed by atoms with Crippen molar-refractivity contribution in [3.8, 4) is 0 Å². The number of rotatable bonds is 8. The van der Waals surface area contributed by atoms with E-state index in [1.165, 1.54) is 0 Å². The number of benzene rings is 2. The van der Waals surface area contributed by atoms with Crippen LogP contribution in [-0.2, 0) is 23.0 Å². The zero-order valence-electron chi connectivity index (χ0n) is 19.8. The van der Waals surface area contributed by atoms with Crippen LogP contribution in [0.1, 0.15) is 35.6 Å². The average Bonchev–Trinajstić information content (AvgIpc) is 3.29. The van der Waals surface area contributed by atoms with Crippen LogP contribution in [0.5, 0.6) is 0 Å². The van der Waals surface area contributed by atoms with E-state index in [1.807, 2.05) is 42.5 Å². The van der Waals surface area contributed by atoms with Gasteiger partial charge in [0.2, 0.25) is 10.0 Å². The largest absolute Gasteiger partial charge is 0.366 e. The lowest BCUT2D eigenvalue weighted by molar-refractivity contribution is 0.313. The van der Waals surface area contributed by atoms with Crippen molar-refractivity contribution in [2.75, 3.05) is 18.4 Å². The van der Waals surface area contributed by atoms with Gasteiger partial charge < -0.3 is 5.32 Å². The highest BCUT2D eigenvalue weighted by Crippen LogP contribution is 2.32. The van der Waals surface area contributed by atoms with E-state index >= 15 is 0 Å². The summed E-state index contributed by atoms with van der Waals surface area (Å²) in [7, 11) is -3.59. The predicted molar refractivity (Wildman–Crippen MR) is 146 cm³/mol. The molecule has 1 N–H and O–H groups in total. The Balaban J connectivity index is 1.41. The smallest absolute Gasteiger partial charge is 0.243 e. The average molecular weight is 567 g/mol. The van der Waals surface area contributed by atoms with E-state index in [9.17, 15) is 8.42 Å². The minimum Gasteiger partial charge on any atom is -0.366 e. The third-order valence-corrected chi connectivity index (χ3v) is 8.95. The summed E-state index contributed by atoms with van der Waals surface area (Å²) >= 11 is 3.56. The van der Waals surface area contributed by atoms with E-state index in [0.717, 1.165) is 40.0 Å². The molecule has 186 valence electrons. The van der Waals surface area contributed by atoms with Gasteiger partial charge in [-0.15, -0.1) is 6.58 Å². The van der Waals surface area contributed by atoms with Crippen LogP contribution in [0, 0.1) is 0 Å². The predicted octanol–water partition coefficient (Wildman–Crippen LogP) is 5.40. The summed E-state index contributed by atoms with van der Waals surface area (Å²) in [5.41, 5.74) is 3.77. The van der Waals surface area contributed by atoms with Gasteiger partial charge in [-0.05, 0) is 58.5 Å². The van der Waals surface area contributed by atoms with Crippen molar-refractivity contribution in [2.45, 2.75) is 36.6 Å². The molecule has 2 aromatic carbocycles. The molecule has 1 aliphatic rings. The Labute approximate surface area is 220 Å². The van der Waals surface area contributed by atoms with Crippen LogP contribution in [0.2, 0.25) is 0 Å².